The predicted octanol–water partition coefficient (Wildman–Crippen LogP) is 6.24. The minimum atomic E-state index is -3.89. The van der Waals surface area contributed by atoms with E-state index in [1.165, 1.54) is 4.90 Å². The fraction of sp³-hybridized carbons (Fsp3) is 0.278. The third kappa shape index (κ3) is 10.4. The molecule has 0 heterocycles. The molecule has 0 aromatic heterocycles. The van der Waals surface area contributed by atoms with E-state index in [4.69, 9.17) is 16.3 Å². The zero-order chi connectivity index (χ0) is 32.9. The Morgan fingerprint density at radius 3 is 2.02 bits per heavy atom. The van der Waals surface area contributed by atoms with Crippen LogP contribution < -0.4 is 14.4 Å². The number of nitrogens with zero attached hydrogens (tertiary/aromatic N) is 2. The summed E-state index contributed by atoms with van der Waals surface area (Å²) in [7, 11) is -3.89. The van der Waals surface area contributed by atoms with E-state index in [2.05, 4.69) is 5.32 Å². The summed E-state index contributed by atoms with van der Waals surface area (Å²) < 4.78 is 33.1. The van der Waals surface area contributed by atoms with Gasteiger partial charge in [0.05, 0.1) is 11.9 Å². The largest absolute Gasteiger partial charge is 0.489 e. The molecule has 0 saturated carbocycles. The van der Waals surface area contributed by atoms with Crippen molar-refractivity contribution in [1.82, 2.24) is 10.2 Å². The van der Waals surface area contributed by atoms with Crippen molar-refractivity contribution in [3.63, 3.8) is 0 Å². The Bertz CT molecular complexity index is 1650. The van der Waals surface area contributed by atoms with Crippen molar-refractivity contribution >= 4 is 39.1 Å². The number of rotatable bonds is 16. The van der Waals surface area contributed by atoms with E-state index in [1.54, 1.807) is 48.5 Å². The normalized spacial score (nSPS) is 11.8. The van der Waals surface area contributed by atoms with Gasteiger partial charge in [-0.1, -0.05) is 97.7 Å². The van der Waals surface area contributed by atoms with E-state index in [9.17, 15) is 18.0 Å². The number of unbranched alkanes of at least 4 members (excludes halogenated alkanes) is 1. The van der Waals surface area contributed by atoms with Crippen LogP contribution in [0.1, 0.15) is 36.5 Å². The highest BCUT2D eigenvalue weighted by Gasteiger charge is 2.33. The molecule has 0 bridgehead atoms. The molecule has 0 unspecified atom stereocenters. The van der Waals surface area contributed by atoms with Gasteiger partial charge in [-0.25, -0.2) is 8.42 Å². The van der Waals surface area contributed by atoms with E-state index in [0.29, 0.717) is 29.6 Å². The highest BCUT2D eigenvalue weighted by atomic mass is 35.5. The van der Waals surface area contributed by atoms with Crippen molar-refractivity contribution in [2.24, 2.45) is 0 Å². The molecule has 242 valence electrons. The highest BCUT2D eigenvalue weighted by molar-refractivity contribution is 7.92. The van der Waals surface area contributed by atoms with Crippen molar-refractivity contribution in [3.8, 4) is 5.75 Å². The molecule has 0 saturated heterocycles. The van der Waals surface area contributed by atoms with E-state index in [-0.39, 0.29) is 18.9 Å². The quantitative estimate of drug-likeness (QED) is 0.143. The fourth-order valence-corrected chi connectivity index (χ4v) is 5.89. The third-order valence-corrected chi connectivity index (χ3v) is 8.81. The molecule has 0 aliphatic heterocycles. The number of hydrogen-bond donors (Lipinski definition) is 1. The van der Waals surface area contributed by atoms with Crippen LogP contribution in [0.2, 0.25) is 5.02 Å². The Labute approximate surface area is 277 Å². The van der Waals surface area contributed by atoms with Gasteiger partial charge in [0.1, 0.15) is 24.9 Å². The number of ether oxygens (including phenoxy) is 1. The molecule has 1 atom stereocenters. The molecule has 4 rings (SSSR count). The molecule has 0 aliphatic carbocycles. The van der Waals surface area contributed by atoms with Gasteiger partial charge < -0.3 is 15.0 Å². The lowest BCUT2D eigenvalue weighted by Crippen LogP contribution is -2.53. The zero-order valence-electron chi connectivity index (χ0n) is 26.1. The number of benzene rings is 4. The number of halogens is 1. The predicted molar refractivity (Wildman–Crippen MR) is 183 cm³/mol. The standard InChI is InChI=1S/C36H40ClN3O5S/c1-3-4-23-38-36(42)34(24-28-11-7-5-8-12-28)39(25-29-15-17-31(37)18-16-29)35(41)26-40(46(2,43)44)32-19-21-33(22-20-32)45-27-30-13-9-6-10-14-30/h5-22,34H,3-4,23-27H2,1-2H3,(H,38,42)/t34-/m1/s1. The van der Waals surface area contributed by atoms with E-state index < -0.39 is 28.5 Å². The number of hydrogen-bond acceptors (Lipinski definition) is 5. The maximum atomic E-state index is 14.2. The van der Waals surface area contributed by atoms with Crippen LogP contribution >= 0.6 is 11.6 Å². The average molecular weight is 662 g/mol. The summed E-state index contributed by atoms with van der Waals surface area (Å²) in [6.07, 6.45) is 3.01. The van der Waals surface area contributed by atoms with Crippen molar-refractivity contribution in [3.05, 3.63) is 131 Å². The first-order valence-electron chi connectivity index (χ1n) is 15.2. The topological polar surface area (TPSA) is 96.0 Å². The molecule has 0 fully saturated rings. The number of sulfonamides is 1. The summed E-state index contributed by atoms with van der Waals surface area (Å²) in [5, 5.41) is 3.52. The lowest BCUT2D eigenvalue weighted by molar-refractivity contribution is -0.140. The van der Waals surface area contributed by atoms with Crippen LogP contribution in [0, 0.1) is 0 Å². The van der Waals surface area contributed by atoms with Crippen LogP contribution in [0.4, 0.5) is 5.69 Å². The number of carbonyl (C=O) groups is 2. The first-order chi connectivity index (χ1) is 22.1. The summed E-state index contributed by atoms with van der Waals surface area (Å²) in [6, 6.07) is 31.8. The van der Waals surface area contributed by atoms with Crippen molar-refractivity contribution in [1.29, 1.82) is 0 Å². The summed E-state index contributed by atoms with van der Waals surface area (Å²) in [4.78, 5) is 29.4. The van der Waals surface area contributed by atoms with Gasteiger partial charge in [0.25, 0.3) is 0 Å². The number of nitrogens with one attached hydrogen (secondary N) is 1. The van der Waals surface area contributed by atoms with Crippen LogP contribution in [-0.4, -0.2) is 50.5 Å². The minimum absolute atomic E-state index is 0.0819. The van der Waals surface area contributed by atoms with Gasteiger partial charge in [-0.2, -0.15) is 0 Å². The molecule has 2 amide bonds. The van der Waals surface area contributed by atoms with Gasteiger partial charge in [0.2, 0.25) is 21.8 Å². The molecular formula is C36H40ClN3O5S. The molecule has 0 radical (unpaired) electrons. The first-order valence-corrected chi connectivity index (χ1v) is 17.5. The van der Waals surface area contributed by atoms with Crippen molar-refractivity contribution < 1.29 is 22.7 Å². The molecule has 1 N–H and O–H groups in total. The molecule has 0 aliphatic rings. The Morgan fingerprint density at radius 2 is 1.43 bits per heavy atom. The molecule has 46 heavy (non-hydrogen) atoms. The first kappa shape index (κ1) is 34.5. The van der Waals surface area contributed by atoms with Gasteiger partial charge in [-0.15, -0.1) is 0 Å². The second-order valence-corrected chi connectivity index (χ2v) is 13.4. The van der Waals surface area contributed by atoms with E-state index in [1.807, 2.05) is 67.6 Å². The maximum Gasteiger partial charge on any atom is 0.244 e. The van der Waals surface area contributed by atoms with Crippen LogP contribution in [-0.2, 0) is 39.2 Å². The van der Waals surface area contributed by atoms with E-state index >= 15 is 0 Å². The van der Waals surface area contributed by atoms with E-state index in [0.717, 1.165) is 40.1 Å². The monoisotopic (exact) mass is 661 g/mol. The summed E-state index contributed by atoms with van der Waals surface area (Å²) in [5.41, 5.74) is 2.93. The number of amides is 2. The second kappa shape index (κ2) is 16.8. The van der Waals surface area contributed by atoms with Gasteiger partial charge in [-0.3, -0.25) is 13.9 Å². The lowest BCUT2D eigenvalue weighted by Gasteiger charge is -2.33. The summed E-state index contributed by atoms with van der Waals surface area (Å²) >= 11 is 6.12. The summed E-state index contributed by atoms with van der Waals surface area (Å²) in [6.45, 7) is 2.45. The van der Waals surface area contributed by atoms with Crippen LogP contribution in [0.25, 0.3) is 0 Å². The maximum absolute atomic E-state index is 14.2. The molecule has 4 aromatic carbocycles. The number of anilines is 1. The Morgan fingerprint density at radius 1 is 0.826 bits per heavy atom. The molecule has 4 aromatic rings. The second-order valence-electron chi connectivity index (χ2n) is 11.0. The van der Waals surface area contributed by atoms with Crippen LogP contribution in [0.3, 0.4) is 0 Å². The highest BCUT2D eigenvalue weighted by Crippen LogP contribution is 2.24. The van der Waals surface area contributed by atoms with Gasteiger partial charge in [0.15, 0.2) is 0 Å². The molecular weight excluding hydrogens is 622 g/mol. The van der Waals surface area contributed by atoms with Gasteiger partial charge in [-0.05, 0) is 59.5 Å². The van der Waals surface area contributed by atoms with Crippen LogP contribution in [0.5, 0.6) is 5.75 Å². The van der Waals surface area contributed by atoms with Gasteiger partial charge >= 0.3 is 0 Å². The molecule has 10 heteroatoms. The molecule has 8 nitrogen and oxygen atoms in total. The fourth-order valence-electron chi connectivity index (χ4n) is 4.91. The Balaban J connectivity index is 1.63. The van der Waals surface area contributed by atoms with Crippen molar-refractivity contribution in [2.75, 3.05) is 23.7 Å². The average Bonchev–Trinajstić information content (AvgIpc) is 3.06. The lowest BCUT2D eigenvalue weighted by atomic mass is 10.0. The Hall–Kier alpha value is -4.34. The molecule has 0 spiro atoms. The minimum Gasteiger partial charge on any atom is -0.489 e. The Kier molecular flexibility index (Phi) is 12.6. The van der Waals surface area contributed by atoms with Crippen LogP contribution in [0.15, 0.2) is 109 Å². The smallest absolute Gasteiger partial charge is 0.244 e. The number of carbonyl (C=O) groups excluding carboxylic acids is 2. The van der Waals surface area contributed by atoms with Crippen molar-refractivity contribution in [2.45, 2.75) is 45.4 Å². The SMILES string of the molecule is CCCCNC(=O)[C@@H](Cc1ccccc1)N(Cc1ccc(Cl)cc1)C(=O)CN(c1ccc(OCc2ccccc2)cc1)S(C)(=O)=O. The summed E-state index contributed by atoms with van der Waals surface area (Å²) in [5.74, 6) is -0.259. The third-order valence-electron chi connectivity index (χ3n) is 7.42. The zero-order valence-corrected chi connectivity index (χ0v) is 27.7. The van der Waals surface area contributed by atoms with Gasteiger partial charge in [0, 0.05) is 24.5 Å².